The van der Waals surface area contributed by atoms with E-state index >= 15 is 0 Å². The fourth-order valence-electron chi connectivity index (χ4n) is 6.85. The normalized spacial score (nSPS) is 11.6. The van der Waals surface area contributed by atoms with E-state index in [1.807, 2.05) is 59.9 Å². The molecule has 5 heteroatoms. The van der Waals surface area contributed by atoms with Gasteiger partial charge in [-0.25, -0.2) is 15.0 Å². The Bertz CT molecular complexity index is 2860. The Labute approximate surface area is 292 Å². The van der Waals surface area contributed by atoms with Gasteiger partial charge in [0.25, 0.3) is 0 Å². The third kappa shape index (κ3) is 4.87. The average Bonchev–Trinajstić information content (AvgIpc) is 3.76. The summed E-state index contributed by atoms with van der Waals surface area (Å²) in [6.07, 6.45) is 0. The highest BCUT2D eigenvalue weighted by Crippen LogP contribution is 2.41. The second kappa shape index (κ2) is 11.6. The van der Waals surface area contributed by atoms with E-state index in [9.17, 15) is 0 Å². The monoisotopic (exact) mass is 657 g/mol. The maximum absolute atomic E-state index is 6.35. The van der Waals surface area contributed by atoms with E-state index in [4.69, 9.17) is 19.4 Å². The number of fused-ring (bicyclic) bond motifs is 6. The van der Waals surface area contributed by atoms with E-state index in [-0.39, 0.29) is 0 Å². The number of furan rings is 1. The van der Waals surface area contributed by atoms with E-state index in [2.05, 4.69) is 115 Å². The zero-order chi connectivity index (χ0) is 33.0. The first-order valence-electron chi connectivity index (χ1n) is 16.6. The first-order valence-corrected chi connectivity index (χ1v) is 17.4. The molecular formula is C45H27N3OS. The Morgan fingerprint density at radius 1 is 0.360 bits per heavy atom. The summed E-state index contributed by atoms with van der Waals surface area (Å²) in [5.74, 6) is 1.88. The Kier molecular flexibility index (Phi) is 6.64. The molecule has 0 N–H and O–H groups in total. The first kappa shape index (κ1) is 28.6. The van der Waals surface area contributed by atoms with Crippen molar-refractivity contribution >= 4 is 53.4 Å². The number of aromatic nitrogens is 3. The van der Waals surface area contributed by atoms with Crippen LogP contribution in [0.5, 0.6) is 0 Å². The number of thiophene rings is 1. The van der Waals surface area contributed by atoms with Gasteiger partial charge in [-0.2, -0.15) is 0 Å². The van der Waals surface area contributed by atoms with Crippen LogP contribution in [0, 0.1) is 0 Å². The van der Waals surface area contributed by atoms with E-state index in [1.54, 1.807) is 0 Å². The van der Waals surface area contributed by atoms with Crippen LogP contribution >= 0.6 is 11.3 Å². The van der Waals surface area contributed by atoms with Gasteiger partial charge in [0.05, 0.1) is 0 Å². The lowest BCUT2D eigenvalue weighted by Crippen LogP contribution is -2.00. The molecule has 10 rings (SSSR count). The van der Waals surface area contributed by atoms with Crippen LogP contribution in [0.1, 0.15) is 0 Å². The Morgan fingerprint density at radius 2 is 0.860 bits per heavy atom. The van der Waals surface area contributed by atoms with E-state index in [0.717, 1.165) is 49.8 Å². The maximum Gasteiger partial charge on any atom is 0.164 e. The molecule has 0 spiro atoms. The van der Waals surface area contributed by atoms with Crippen LogP contribution in [0.2, 0.25) is 0 Å². The van der Waals surface area contributed by atoms with Gasteiger partial charge < -0.3 is 4.42 Å². The van der Waals surface area contributed by atoms with Crippen molar-refractivity contribution in [3.63, 3.8) is 0 Å². The molecule has 0 aliphatic heterocycles. The van der Waals surface area contributed by atoms with Gasteiger partial charge in [-0.3, -0.25) is 0 Å². The number of nitrogens with zero attached hydrogens (tertiary/aromatic N) is 3. The molecule has 0 atom stereocenters. The van der Waals surface area contributed by atoms with Crippen LogP contribution in [-0.4, -0.2) is 15.0 Å². The predicted octanol–water partition coefficient (Wildman–Crippen LogP) is 12.5. The molecule has 10 aromatic rings. The largest absolute Gasteiger partial charge is 0.456 e. The highest BCUT2D eigenvalue weighted by molar-refractivity contribution is 7.26. The van der Waals surface area contributed by atoms with Crippen LogP contribution in [-0.2, 0) is 0 Å². The minimum atomic E-state index is 0.614. The lowest BCUT2D eigenvalue weighted by atomic mass is 10.00. The third-order valence-electron chi connectivity index (χ3n) is 9.36. The van der Waals surface area contributed by atoms with Gasteiger partial charge >= 0.3 is 0 Å². The van der Waals surface area contributed by atoms with Gasteiger partial charge in [0.1, 0.15) is 11.2 Å². The molecule has 0 fully saturated rings. The molecule has 0 unspecified atom stereocenters. The maximum atomic E-state index is 6.35. The molecule has 0 radical (unpaired) electrons. The molecule has 0 saturated carbocycles. The molecule has 0 aliphatic carbocycles. The van der Waals surface area contributed by atoms with Crippen LogP contribution in [0.4, 0.5) is 0 Å². The summed E-state index contributed by atoms with van der Waals surface area (Å²) in [6.45, 7) is 0. The van der Waals surface area contributed by atoms with E-state index < -0.39 is 0 Å². The smallest absolute Gasteiger partial charge is 0.164 e. The van der Waals surface area contributed by atoms with Crippen molar-refractivity contribution in [3.05, 3.63) is 164 Å². The second-order valence-electron chi connectivity index (χ2n) is 12.4. The van der Waals surface area contributed by atoms with Crippen LogP contribution < -0.4 is 0 Å². The number of hydrogen-bond acceptors (Lipinski definition) is 5. The van der Waals surface area contributed by atoms with Gasteiger partial charge in [0.15, 0.2) is 17.5 Å². The minimum absolute atomic E-state index is 0.614. The van der Waals surface area contributed by atoms with Gasteiger partial charge in [0, 0.05) is 47.6 Å². The topological polar surface area (TPSA) is 51.8 Å². The van der Waals surface area contributed by atoms with Crippen molar-refractivity contribution in [2.45, 2.75) is 0 Å². The molecule has 7 aromatic carbocycles. The van der Waals surface area contributed by atoms with Crippen molar-refractivity contribution in [2.75, 3.05) is 0 Å². The fourth-order valence-corrected chi connectivity index (χ4v) is 8.09. The number of rotatable bonds is 5. The SMILES string of the molecule is c1ccc(-c2ccc(-c3nc(-c4ccccc4)nc(-c4ccc5oc6ccc(-c7cccc8c7sc7ccccc78)cc6c5c4)n3)cc2)cc1. The van der Waals surface area contributed by atoms with Gasteiger partial charge in [-0.1, -0.05) is 127 Å². The second-order valence-corrected chi connectivity index (χ2v) is 13.5. The lowest BCUT2D eigenvalue weighted by Gasteiger charge is -2.09. The predicted molar refractivity (Wildman–Crippen MR) is 207 cm³/mol. The van der Waals surface area contributed by atoms with Crippen LogP contribution in [0.25, 0.3) is 98.5 Å². The summed E-state index contributed by atoms with van der Waals surface area (Å²) in [5.41, 5.74) is 9.16. The molecular weight excluding hydrogens is 631 g/mol. The Morgan fingerprint density at radius 3 is 1.58 bits per heavy atom. The average molecular weight is 658 g/mol. The molecule has 0 bridgehead atoms. The molecule has 234 valence electrons. The molecule has 50 heavy (non-hydrogen) atoms. The van der Waals surface area contributed by atoms with Crippen molar-refractivity contribution in [1.82, 2.24) is 15.0 Å². The van der Waals surface area contributed by atoms with Gasteiger partial charge in [-0.15, -0.1) is 11.3 Å². The highest BCUT2D eigenvalue weighted by Gasteiger charge is 2.16. The van der Waals surface area contributed by atoms with Crippen molar-refractivity contribution in [1.29, 1.82) is 0 Å². The van der Waals surface area contributed by atoms with Gasteiger partial charge in [0.2, 0.25) is 0 Å². The van der Waals surface area contributed by atoms with Crippen molar-refractivity contribution in [3.8, 4) is 56.4 Å². The van der Waals surface area contributed by atoms with Crippen LogP contribution in [0.3, 0.4) is 0 Å². The molecule has 3 heterocycles. The molecule has 0 saturated heterocycles. The summed E-state index contributed by atoms with van der Waals surface area (Å²) in [4.78, 5) is 15.0. The molecule has 4 nitrogen and oxygen atoms in total. The zero-order valence-electron chi connectivity index (χ0n) is 26.7. The molecule has 0 aliphatic rings. The summed E-state index contributed by atoms with van der Waals surface area (Å²) in [5, 5.41) is 4.68. The van der Waals surface area contributed by atoms with Crippen molar-refractivity contribution in [2.24, 2.45) is 0 Å². The summed E-state index contributed by atoms with van der Waals surface area (Å²) in [7, 11) is 0. The quantitative estimate of drug-likeness (QED) is 0.185. The third-order valence-corrected chi connectivity index (χ3v) is 10.6. The summed E-state index contributed by atoms with van der Waals surface area (Å²) in [6, 6.07) is 56.8. The zero-order valence-corrected chi connectivity index (χ0v) is 27.6. The number of hydrogen-bond donors (Lipinski definition) is 0. The number of benzene rings is 7. The minimum Gasteiger partial charge on any atom is -0.456 e. The van der Waals surface area contributed by atoms with Gasteiger partial charge in [-0.05, 0) is 58.7 Å². The summed E-state index contributed by atoms with van der Waals surface area (Å²) < 4.78 is 8.95. The summed E-state index contributed by atoms with van der Waals surface area (Å²) >= 11 is 1.85. The molecule has 3 aromatic heterocycles. The molecule has 0 amide bonds. The fraction of sp³-hybridized carbons (Fsp3) is 0. The lowest BCUT2D eigenvalue weighted by molar-refractivity contribution is 0.669. The highest BCUT2D eigenvalue weighted by atomic mass is 32.1. The first-order chi connectivity index (χ1) is 24.7. The van der Waals surface area contributed by atoms with E-state index in [1.165, 1.54) is 31.3 Å². The Hall–Kier alpha value is -6.43. The van der Waals surface area contributed by atoms with Crippen molar-refractivity contribution < 1.29 is 4.42 Å². The van der Waals surface area contributed by atoms with E-state index in [0.29, 0.717) is 17.5 Å². The standard InChI is InChI=1S/C45H27N3OS/c1-3-10-28(11-4-1)29-18-20-31(21-19-29)44-46-43(30-12-5-2-6-13-30)47-45(48-44)33-23-25-40-38(27-33)37-26-32(22-24-39(37)49-40)34-15-9-16-36-35-14-7-8-17-41(35)50-42(34)36/h1-27H. The van der Waals surface area contributed by atoms with Crippen LogP contribution in [0.15, 0.2) is 168 Å². The Balaban J connectivity index is 1.10.